The SMILES string of the molecule is COCC1CCCP1c1ccccc1. The van der Waals surface area contributed by atoms with E-state index in [1.165, 1.54) is 19.0 Å². The fourth-order valence-electron chi connectivity index (χ4n) is 2.16. The molecule has 0 aromatic heterocycles. The van der Waals surface area contributed by atoms with Crippen LogP contribution in [0.3, 0.4) is 0 Å². The first kappa shape index (κ1) is 10.1. The summed E-state index contributed by atoms with van der Waals surface area (Å²) in [5, 5.41) is 1.56. The highest BCUT2D eigenvalue weighted by atomic mass is 31.1. The first-order chi connectivity index (χ1) is 6.92. The smallest absolute Gasteiger partial charge is 0.0532 e. The summed E-state index contributed by atoms with van der Waals surface area (Å²) in [6.07, 6.45) is 4.14. The zero-order valence-corrected chi connectivity index (χ0v) is 9.54. The Morgan fingerprint density at radius 2 is 2.14 bits per heavy atom. The number of hydrogen-bond acceptors (Lipinski definition) is 1. The second-order valence-electron chi connectivity index (χ2n) is 3.78. The molecule has 0 spiro atoms. The summed E-state index contributed by atoms with van der Waals surface area (Å²) < 4.78 is 5.29. The van der Waals surface area contributed by atoms with Crippen LogP contribution >= 0.6 is 7.92 Å². The molecule has 0 radical (unpaired) electrons. The Morgan fingerprint density at radius 1 is 1.36 bits per heavy atom. The zero-order chi connectivity index (χ0) is 9.80. The Morgan fingerprint density at radius 3 is 2.86 bits per heavy atom. The molecule has 14 heavy (non-hydrogen) atoms. The molecule has 2 unspecified atom stereocenters. The lowest BCUT2D eigenvalue weighted by atomic mass is 10.3. The van der Waals surface area contributed by atoms with Gasteiger partial charge in [0.05, 0.1) is 6.61 Å². The van der Waals surface area contributed by atoms with Crippen LogP contribution in [-0.2, 0) is 4.74 Å². The largest absolute Gasteiger partial charge is 0.384 e. The average molecular weight is 208 g/mol. The molecule has 76 valence electrons. The first-order valence-corrected chi connectivity index (χ1v) is 6.82. The minimum Gasteiger partial charge on any atom is -0.384 e. The summed E-state index contributed by atoms with van der Waals surface area (Å²) in [4.78, 5) is 0. The van der Waals surface area contributed by atoms with Crippen LogP contribution in [0.15, 0.2) is 30.3 Å². The number of ether oxygens (including phenoxy) is 1. The molecule has 0 amide bonds. The van der Waals surface area contributed by atoms with Crippen molar-refractivity contribution in [3.63, 3.8) is 0 Å². The molecule has 0 N–H and O–H groups in total. The molecule has 2 atom stereocenters. The monoisotopic (exact) mass is 208 g/mol. The molecular weight excluding hydrogens is 191 g/mol. The summed E-state index contributed by atoms with van der Waals surface area (Å²) in [5.74, 6) is 0. The van der Waals surface area contributed by atoms with Gasteiger partial charge in [0.2, 0.25) is 0 Å². The minimum absolute atomic E-state index is 0.0655. The normalized spacial score (nSPS) is 26.6. The van der Waals surface area contributed by atoms with Crippen LogP contribution in [0.2, 0.25) is 0 Å². The average Bonchev–Trinajstić information content (AvgIpc) is 2.68. The molecule has 1 aliphatic rings. The van der Waals surface area contributed by atoms with E-state index in [1.54, 1.807) is 5.30 Å². The molecule has 1 aliphatic heterocycles. The fraction of sp³-hybridized carbons (Fsp3) is 0.500. The lowest BCUT2D eigenvalue weighted by molar-refractivity contribution is 0.197. The highest BCUT2D eigenvalue weighted by Gasteiger charge is 2.27. The number of rotatable bonds is 3. The third-order valence-electron chi connectivity index (χ3n) is 2.82. The minimum atomic E-state index is 0.0655. The second-order valence-corrected chi connectivity index (χ2v) is 6.41. The third-order valence-corrected chi connectivity index (χ3v) is 5.87. The quantitative estimate of drug-likeness (QED) is 0.694. The molecule has 2 rings (SSSR count). The van der Waals surface area contributed by atoms with Gasteiger partial charge in [-0.2, -0.15) is 0 Å². The maximum absolute atomic E-state index is 5.29. The van der Waals surface area contributed by atoms with E-state index in [2.05, 4.69) is 30.3 Å². The van der Waals surface area contributed by atoms with Gasteiger partial charge in [-0.05, 0) is 24.3 Å². The van der Waals surface area contributed by atoms with Gasteiger partial charge < -0.3 is 4.74 Å². The second kappa shape index (κ2) is 4.91. The van der Waals surface area contributed by atoms with Gasteiger partial charge in [0.15, 0.2) is 0 Å². The van der Waals surface area contributed by atoms with Crippen molar-refractivity contribution < 1.29 is 4.74 Å². The van der Waals surface area contributed by atoms with E-state index in [4.69, 9.17) is 4.74 Å². The van der Waals surface area contributed by atoms with Crippen LogP contribution < -0.4 is 5.30 Å². The van der Waals surface area contributed by atoms with Gasteiger partial charge in [0, 0.05) is 12.8 Å². The van der Waals surface area contributed by atoms with Crippen LogP contribution in [0.1, 0.15) is 12.8 Å². The maximum atomic E-state index is 5.29. The van der Waals surface area contributed by atoms with Crippen molar-refractivity contribution in [2.75, 3.05) is 19.9 Å². The molecule has 1 aromatic carbocycles. The Balaban J connectivity index is 2.10. The highest BCUT2D eigenvalue weighted by molar-refractivity contribution is 7.66. The molecular formula is C12H17OP. The van der Waals surface area contributed by atoms with Gasteiger partial charge in [-0.15, -0.1) is 0 Å². The van der Waals surface area contributed by atoms with Crippen LogP contribution in [0.25, 0.3) is 0 Å². The van der Waals surface area contributed by atoms with E-state index in [9.17, 15) is 0 Å². The Kier molecular flexibility index (Phi) is 3.55. The van der Waals surface area contributed by atoms with Gasteiger partial charge in [0.1, 0.15) is 0 Å². The van der Waals surface area contributed by atoms with Gasteiger partial charge in [-0.3, -0.25) is 0 Å². The molecule has 1 aromatic rings. The molecule has 1 fully saturated rings. The van der Waals surface area contributed by atoms with Crippen LogP contribution in [-0.4, -0.2) is 25.5 Å². The van der Waals surface area contributed by atoms with Gasteiger partial charge >= 0.3 is 0 Å². The van der Waals surface area contributed by atoms with Crippen molar-refractivity contribution in [3.8, 4) is 0 Å². The Bertz CT molecular complexity index is 273. The van der Waals surface area contributed by atoms with Crippen LogP contribution in [0.4, 0.5) is 0 Å². The van der Waals surface area contributed by atoms with Crippen molar-refractivity contribution in [3.05, 3.63) is 30.3 Å². The number of benzene rings is 1. The summed E-state index contributed by atoms with van der Waals surface area (Å²) in [5.41, 5.74) is 0.803. The predicted molar refractivity (Wildman–Crippen MR) is 62.8 cm³/mol. The molecule has 1 saturated heterocycles. The molecule has 0 bridgehead atoms. The van der Waals surface area contributed by atoms with Crippen molar-refractivity contribution in [2.24, 2.45) is 0 Å². The van der Waals surface area contributed by atoms with E-state index < -0.39 is 0 Å². The van der Waals surface area contributed by atoms with E-state index in [0.29, 0.717) is 0 Å². The molecule has 0 saturated carbocycles. The first-order valence-electron chi connectivity index (χ1n) is 5.22. The Labute approximate surface area is 87.2 Å². The van der Waals surface area contributed by atoms with Crippen LogP contribution in [0.5, 0.6) is 0 Å². The van der Waals surface area contributed by atoms with Crippen molar-refractivity contribution in [2.45, 2.75) is 18.5 Å². The molecule has 0 aliphatic carbocycles. The standard InChI is InChI=1S/C12H17OP/c1-13-10-12-8-5-9-14(12)11-6-3-2-4-7-11/h2-4,6-7,12H,5,8-10H2,1H3. The predicted octanol–water partition coefficient (Wildman–Crippen LogP) is 2.60. The topological polar surface area (TPSA) is 9.23 Å². The summed E-state index contributed by atoms with van der Waals surface area (Å²) >= 11 is 0. The molecule has 1 nitrogen and oxygen atoms in total. The summed E-state index contributed by atoms with van der Waals surface area (Å²) in [6.45, 7) is 0.945. The van der Waals surface area contributed by atoms with E-state index in [1.807, 2.05) is 7.11 Å². The van der Waals surface area contributed by atoms with Crippen molar-refractivity contribution >= 4 is 13.2 Å². The maximum Gasteiger partial charge on any atom is 0.0532 e. The molecule has 2 heteroatoms. The van der Waals surface area contributed by atoms with E-state index in [-0.39, 0.29) is 7.92 Å². The van der Waals surface area contributed by atoms with Gasteiger partial charge in [-0.1, -0.05) is 38.3 Å². The third kappa shape index (κ3) is 2.16. The fourth-order valence-corrected chi connectivity index (χ4v) is 5.11. The highest BCUT2D eigenvalue weighted by Crippen LogP contribution is 2.48. The van der Waals surface area contributed by atoms with Crippen molar-refractivity contribution in [1.29, 1.82) is 0 Å². The van der Waals surface area contributed by atoms with E-state index in [0.717, 1.165) is 12.3 Å². The van der Waals surface area contributed by atoms with Crippen LogP contribution in [0, 0.1) is 0 Å². The summed E-state index contributed by atoms with van der Waals surface area (Å²) in [7, 11) is 1.88. The Hall–Kier alpha value is -0.390. The summed E-state index contributed by atoms with van der Waals surface area (Å²) in [6, 6.07) is 11.0. The van der Waals surface area contributed by atoms with E-state index >= 15 is 0 Å². The number of methoxy groups -OCH3 is 1. The lowest BCUT2D eigenvalue weighted by Gasteiger charge is -2.19. The lowest BCUT2D eigenvalue weighted by Crippen LogP contribution is -2.14. The number of hydrogen-bond donors (Lipinski definition) is 0. The zero-order valence-electron chi connectivity index (χ0n) is 8.65. The molecule has 1 heterocycles. The van der Waals surface area contributed by atoms with Crippen molar-refractivity contribution in [1.82, 2.24) is 0 Å². The van der Waals surface area contributed by atoms with Gasteiger partial charge in [0.25, 0.3) is 0 Å². The van der Waals surface area contributed by atoms with Gasteiger partial charge in [-0.25, -0.2) is 0 Å².